The molecule has 0 fully saturated rings. The lowest BCUT2D eigenvalue weighted by atomic mass is 9.84. The fourth-order valence-electron chi connectivity index (χ4n) is 0.832. The van der Waals surface area contributed by atoms with Gasteiger partial charge in [0.1, 0.15) is 0 Å². The molecule has 0 saturated carbocycles. The fraction of sp³-hybridized carbons (Fsp3) is 0.857. The van der Waals surface area contributed by atoms with Gasteiger partial charge in [-0.05, 0) is 19.8 Å². The number of carboxylic acids is 1. The zero-order valence-corrected chi connectivity index (χ0v) is 6.58. The zero-order chi connectivity index (χ0) is 8.91. The maximum absolute atomic E-state index is 10.6. The summed E-state index contributed by atoms with van der Waals surface area (Å²) in [7, 11) is 0. The first kappa shape index (κ1) is 10.4. The van der Waals surface area contributed by atoms with Gasteiger partial charge in [0, 0.05) is 13.2 Å². The largest absolute Gasteiger partial charge is 0.481 e. The first-order chi connectivity index (χ1) is 5.06. The first-order valence-electron chi connectivity index (χ1n) is 3.52. The van der Waals surface area contributed by atoms with Crippen molar-refractivity contribution in [1.82, 2.24) is 0 Å². The predicted molar refractivity (Wildman–Crippen MR) is 39.1 cm³/mol. The van der Waals surface area contributed by atoms with Gasteiger partial charge in [-0.2, -0.15) is 0 Å². The monoisotopic (exact) mass is 162 g/mol. The second-order valence-corrected chi connectivity index (χ2v) is 2.81. The maximum atomic E-state index is 10.6. The number of rotatable bonds is 5. The highest BCUT2D eigenvalue weighted by Gasteiger charge is 2.31. The van der Waals surface area contributed by atoms with Crippen molar-refractivity contribution in [2.45, 2.75) is 19.8 Å². The van der Waals surface area contributed by atoms with E-state index in [0.29, 0.717) is 0 Å². The van der Waals surface area contributed by atoms with Crippen LogP contribution in [0.1, 0.15) is 19.8 Å². The number of hydrogen-bond acceptors (Lipinski definition) is 3. The van der Waals surface area contributed by atoms with Crippen molar-refractivity contribution >= 4 is 5.97 Å². The second kappa shape index (κ2) is 4.31. The van der Waals surface area contributed by atoms with Gasteiger partial charge in [0.05, 0.1) is 5.41 Å². The third-order valence-corrected chi connectivity index (χ3v) is 1.84. The lowest BCUT2D eigenvalue weighted by molar-refractivity contribution is -0.149. The summed E-state index contributed by atoms with van der Waals surface area (Å²) in [6, 6.07) is 0. The first-order valence-corrected chi connectivity index (χ1v) is 3.52. The highest BCUT2D eigenvalue weighted by Crippen LogP contribution is 2.25. The standard InChI is InChI=1S/C7H14O4/c1-7(2-4-8,3-5-9)6(10)11/h8-9H,2-5H2,1H3,(H,10,11). The Kier molecular flexibility index (Phi) is 4.07. The normalized spacial score (nSPS) is 11.5. The second-order valence-electron chi connectivity index (χ2n) is 2.81. The van der Waals surface area contributed by atoms with E-state index in [9.17, 15) is 4.79 Å². The molecule has 0 aliphatic heterocycles. The molecule has 0 aromatic heterocycles. The molecule has 0 rings (SSSR count). The summed E-state index contributed by atoms with van der Waals surface area (Å²) in [6.07, 6.45) is 0.367. The summed E-state index contributed by atoms with van der Waals surface area (Å²) >= 11 is 0. The van der Waals surface area contributed by atoms with Crippen LogP contribution >= 0.6 is 0 Å². The van der Waals surface area contributed by atoms with Crippen molar-refractivity contribution in [3.8, 4) is 0 Å². The van der Waals surface area contributed by atoms with E-state index in [4.69, 9.17) is 15.3 Å². The number of carbonyl (C=O) groups is 1. The van der Waals surface area contributed by atoms with Gasteiger partial charge < -0.3 is 15.3 Å². The van der Waals surface area contributed by atoms with Gasteiger partial charge in [0.15, 0.2) is 0 Å². The summed E-state index contributed by atoms with van der Waals surface area (Å²) in [4.78, 5) is 10.6. The number of aliphatic carboxylic acids is 1. The fourth-order valence-corrected chi connectivity index (χ4v) is 0.832. The number of aliphatic hydroxyl groups is 2. The minimum atomic E-state index is -0.983. The Morgan fingerprint density at radius 1 is 1.27 bits per heavy atom. The van der Waals surface area contributed by atoms with Crippen LogP contribution in [0, 0.1) is 5.41 Å². The Morgan fingerprint density at radius 3 is 1.82 bits per heavy atom. The van der Waals surface area contributed by atoms with Crippen LogP contribution < -0.4 is 0 Å². The molecule has 0 heterocycles. The van der Waals surface area contributed by atoms with Crippen LogP contribution in [0.2, 0.25) is 0 Å². The minimum Gasteiger partial charge on any atom is -0.481 e. The summed E-state index contributed by atoms with van der Waals surface area (Å²) in [5, 5.41) is 25.7. The molecule has 0 atom stereocenters. The van der Waals surface area contributed by atoms with E-state index < -0.39 is 11.4 Å². The van der Waals surface area contributed by atoms with Gasteiger partial charge in [-0.3, -0.25) is 4.79 Å². The molecule has 4 heteroatoms. The Balaban J connectivity index is 4.13. The molecule has 0 saturated heterocycles. The van der Waals surface area contributed by atoms with E-state index in [0.717, 1.165) is 0 Å². The third-order valence-electron chi connectivity index (χ3n) is 1.84. The molecule has 0 radical (unpaired) electrons. The lowest BCUT2D eigenvalue weighted by Gasteiger charge is -2.22. The van der Waals surface area contributed by atoms with Crippen molar-refractivity contribution in [3.05, 3.63) is 0 Å². The summed E-state index contributed by atoms with van der Waals surface area (Å²) in [5.74, 6) is -0.972. The minimum absolute atomic E-state index is 0.164. The van der Waals surface area contributed by atoms with Crippen LogP contribution in [0.4, 0.5) is 0 Å². The average Bonchev–Trinajstić information content (AvgIpc) is 1.88. The van der Waals surface area contributed by atoms with Crippen molar-refractivity contribution in [2.24, 2.45) is 5.41 Å². The average molecular weight is 162 g/mol. The topological polar surface area (TPSA) is 77.8 Å². The van der Waals surface area contributed by atoms with E-state index in [-0.39, 0.29) is 26.1 Å². The van der Waals surface area contributed by atoms with Gasteiger partial charge >= 0.3 is 5.97 Å². The van der Waals surface area contributed by atoms with Gasteiger partial charge in [-0.15, -0.1) is 0 Å². The van der Waals surface area contributed by atoms with E-state index in [1.54, 1.807) is 0 Å². The van der Waals surface area contributed by atoms with Crippen molar-refractivity contribution in [1.29, 1.82) is 0 Å². The number of carboxylic acid groups (broad SMARTS) is 1. The molecule has 0 spiro atoms. The summed E-state index contributed by atoms with van der Waals surface area (Å²) < 4.78 is 0. The van der Waals surface area contributed by atoms with E-state index in [1.807, 2.05) is 0 Å². The Labute approximate surface area is 65.5 Å². The van der Waals surface area contributed by atoms with Crippen LogP contribution in [0.3, 0.4) is 0 Å². The molecule has 0 unspecified atom stereocenters. The Morgan fingerprint density at radius 2 is 1.64 bits per heavy atom. The highest BCUT2D eigenvalue weighted by molar-refractivity contribution is 5.74. The molecular formula is C7H14O4. The van der Waals surface area contributed by atoms with Crippen LogP contribution in [0.25, 0.3) is 0 Å². The molecular weight excluding hydrogens is 148 g/mol. The van der Waals surface area contributed by atoms with Gasteiger partial charge in [-0.1, -0.05) is 0 Å². The SMILES string of the molecule is CC(CCO)(CCO)C(=O)O. The van der Waals surface area contributed by atoms with Gasteiger partial charge in [-0.25, -0.2) is 0 Å². The zero-order valence-electron chi connectivity index (χ0n) is 6.58. The van der Waals surface area contributed by atoms with Gasteiger partial charge in [0.25, 0.3) is 0 Å². The van der Waals surface area contributed by atoms with E-state index in [1.165, 1.54) is 6.92 Å². The van der Waals surface area contributed by atoms with Crippen molar-refractivity contribution in [3.63, 3.8) is 0 Å². The molecule has 66 valence electrons. The number of aliphatic hydroxyl groups excluding tert-OH is 2. The molecule has 11 heavy (non-hydrogen) atoms. The van der Waals surface area contributed by atoms with Crippen molar-refractivity contribution in [2.75, 3.05) is 13.2 Å². The molecule has 0 aliphatic rings. The number of hydrogen-bond donors (Lipinski definition) is 3. The van der Waals surface area contributed by atoms with E-state index in [2.05, 4.69) is 0 Å². The molecule has 0 aromatic carbocycles. The highest BCUT2D eigenvalue weighted by atomic mass is 16.4. The lowest BCUT2D eigenvalue weighted by Crippen LogP contribution is -2.29. The van der Waals surface area contributed by atoms with Crippen LogP contribution in [-0.4, -0.2) is 34.5 Å². The molecule has 4 nitrogen and oxygen atoms in total. The smallest absolute Gasteiger partial charge is 0.309 e. The summed E-state index contributed by atoms with van der Waals surface area (Å²) in [5.41, 5.74) is -0.983. The molecule has 0 amide bonds. The molecule has 0 aliphatic carbocycles. The van der Waals surface area contributed by atoms with Crippen molar-refractivity contribution < 1.29 is 20.1 Å². The third kappa shape index (κ3) is 2.86. The summed E-state index contributed by atoms with van der Waals surface area (Å²) in [6.45, 7) is 1.19. The van der Waals surface area contributed by atoms with Crippen LogP contribution in [0.5, 0.6) is 0 Å². The van der Waals surface area contributed by atoms with Crippen LogP contribution in [-0.2, 0) is 4.79 Å². The Bertz CT molecular complexity index is 126. The molecule has 3 N–H and O–H groups in total. The predicted octanol–water partition coefficient (Wildman–Crippen LogP) is -0.158. The molecule has 0 aromatic rings. The van der Waals surface area contributed by atoms with Crippen LogP contribution in [0.15, 0.2) is 0 Å². The quantitative estimate of drug-likeness (QED) is 0.525. The maximum Gasteiger partial charge on any atom is 0.309 e. The van der Waals surface area contributed by atoms with Gasteiger partial charge in [0.2, 0.25) is 0 Å². The van der Waals surface area contributed by atoms with E-state index >= 15 is 0 Å². The molecule has 0 bridgehead atoms. The Hall–Kier alpha value is -0.610.